The van der Waals surface area contributed by atoms with Crippen molar-refractivity contribution in [3.05, 3.63) is 68.6 Å². The second kappa shape index (κ2) is 7.37. The summed E-state index contributed by atoms with van der Waals surface area (Å²) in [6, 6.07) is 6.23. The SMILES string of the molecule is O=c1c(-c2cc(OCc3cccnc3)c(Cl)cc2F)c(Cl)n2n1CCCC2. The monoisotopic (exact) mass is 407 g/mol. The predicted molar refractivity (Wildman–Crippen MR) is 102 cm³/mol. The van der Waals surface area contributed by atoms with Gasteiger partial charge >= 0.3 is 0 Å². The molecule has 3 heterocycles. The minimum atomic E-state index is -0.615. The quantitative estimate of drug-likeness (QED) is 0.638. The van der Waals surface area contributed by atoms with Gasteiger partial charge in [0.15, 0.2) is 0 Å². The maximum atomic E-state index is 14.6. The molecule has 0 spiro atoms. The Hall–Kier alpha value is -2.31. The van der Waals surface area contributed by atoms with E-state index in [9.17, 15) is 9.18 Å². The molecule has 0 bridgehead atoms. The summed E-state index contributed by atoms with van der Waals surface area (Å²) in [4.78, 5) is 16.8. The van der Waals surface area contributed by atoms with Gasteiger partial charge in [-0.15, -0.1) is 0 Å². The van der Waals surface area contributed by atoms with Gasteiger partial charge in [-0.3, -0.25) is 14.5 Å². The molecule has 5 nitrogen and oxygen atoms in total. The Labute approximate surface area is 164 Å². The molecule has 0 amide bonds. The predicted octanol–water partition coefficient (Wildman–Crippen LogP) is 4.53. The van der Waals surface area contributed by atoms with Gasteiger partial charge in [-0.05, 0) is 31.0 Å². The summed E-state index contributed by atoms with van der Waals surface area (Å²) in [5.74, 6) is -0.335. The first-order valence-electron chi connectivity index (χ1n) is 8.56. The van der Waals surface area contributed by atoms with Gasteiger partial charge in [0.25, 0.3) is 5.56 Å². The number of rotatable bonds is 4. The molecule has 0 saturated carbocycles. The Kier molecular flexibility index (Phi) is 4.93. The molecule has 4 rings (SSSR count). The molecule has 0 aliphatic carbocycles. The third-order valence-corrected chi connectivity index (χ3v) is 5.25. The van der Waals surface area contributed by atoms with Gasteiger partial charge in [0.05, 0.1) is 10.6 Å². The van der Waals surface area contributed by atoms with Crippen molar-refractivity contribution in [3.8, 4) is 16.9 Å². The summed E-state index contributed by atoms with van der Waals surface area (Å²) in [6.45, 7) is 1.42. The second-order valence-corrected chi connectivity index (χ2v) is 7.10. The smallest absolute Gasteiger partial charge is 0.276 e. The molecule has 140 valence electrons. The van der Waals surface area contributed by atoms with E-state index in [0.717, 1.165) is 24.5 Å². The summed E-state index contributed by atoms with van der Waals surface area (Å²) in [5.41, 5.74) is 0.764. The number of halogens is 3. The molecule has 0 atom stereocenters. The molecule has 0 N–H and O–H groups in total. The number of benzene rings is 1. The first-order valence-corrected chi connectivity index (χ1v) is 9.32. The summed E-state index contributed by atoms with van der Waals surface area (Å²) >= 11 is 12.5. The zero-order valence-electron chi connectivity index (χ0n) is 14.3. The lowest BCUT2D eigenvalue weighted by Crippen LogP contribution is -2.27. The van der Waals surface area contributed by atoms with Crippen LogP contribution in [0.4, 0.5) is 4.39 Å². The number of aromatic nitrogens is 3. The lowest BCUT2D eigenvalue weighted by atomic mass is 10.1. The molecular weight excluding hydrogens is 392 g/mol. The zero-order valence-corrected chi connectivity index (χ0v) is 15.8. The van der Waals surface area contributed by atoms with Crippen LogP contribution in [-0.2, 0) is 19.7 Å². The van der Waals surface area contributed by atoms with Gasteiger partial charge in [0.2, 0.25) is 0 Å². The largest absolute Gasteiger partial charge is 0.487 e. The van der Waals surface area contributed by atoms with Crippen LogP contribution in [0, 0.1) is 5.82 Å². The topological polar surface area (TPSA) is 49.0 Å². The molecule has 2 aromatic heterocycles. The highest BCUT2D eigenvalue weighted by Crippen LogP contribution is 2.36. The van der Waals surface area contributed by atoms with E-state index in [1.807, 2.05) is 6.07 Å². The number of hydrogen-bond acceptors (Lipinski definition) is 3. The fourth-order valence-corrected chi connectivity index (χ4v) is 3.79. The highest BCUT2D eigenvalue weighted by Gasteiger charge is 2.25. The van der Waals surface area contributed by atoms with E-state index < -0.39 is 5.82 Å². The third-order valence-electron chi connectivity index (χ3n) is 4.57. The molecule has 1 aliphatic heterocycles. The minimum Gasteiger partial charge on any atom is -0.487 e. The van der Waals surface area contributed by atoms with Crippen molar-refractivity contribution < 1.29 is 9.13 Å². The van der Waals surface area contributed by atoms with Crippen LogP contribution in [0.3, 0.4) is 0 Å². The van der Waals surface area contributed by atoms with Crippen LogP contribution in [0.2, 0.25) is 10.2 Å². The molecule has 1 aliphatic rings. The maximum Gasteiger partial charge on any atom is 0.276 e. The van der Waals surface area contributed by atoms with Crippen molar-refractivity contribution in [3.63, 3.8) is 0 Å². The Morgan fingerprint density at radius 1 is 1.19 bits per heavy atom. The second-order valence-electron chi connectivity index (χ2n) is 6.34. The van der Waals surface area contributed by atoms with Crippen molar-refractivity contribution in [2.45, 2.75) is 32.5 Å². The van der Waals surface area contributed by atoms with E-state index >= 15 is 0 Å². The minimum absolute atomic E-state index is 0.0880. The average molecular weight is 408 g/mol. The number of ether oxygens (including phenoxy) is 1. The zero-order chi connectivity index (χ0) is 19.0. The van der Waals surface area contributed by atoms with Gasteiger partial charge in [0, 0.05) is 36.6 Å². The van der Waals surface area contributed by atoms with E-state index in [1.54, 1.807) is 27.8 Å². The van der Waals surface area contributed by atoms with E-state index in [-0.39, 0.29) is 39.2 Å². The Morgan fingerprint density at radius 3 is 2.67 bits per heavy atom. The van der Waals surface area contributed by atoms with Crippen LogP contribution in [-0.4, -0.2) is 14.3 Å². The van der Waals surface area contributed by atoms with Crippen LogP contribution in [0.25, 0.3) is 11.1 Å². The molecular formula is C19H16Cl2FN3O2. The summed E-state index contributed by atoms with van der Waals surface area (Å²) in [5, 5.41) is 0.361. The van der Waals surface area contributed by atoms with Crippen molar-refractivity contribution in [1.29, 1.82) is 0 Å². The van der Waals surface area contributed by atoms with E-state index in [0.29, 0.717) is 13.1 Å². The highest BCUT2D eigenvalue weighted by molar-refractivity contribution is 6.33. The number of nitrogens with zero attached hydrogens (tertiary/aromatic N) is 3. The standard InChI is InChI=1S/C19H16Cl2FN3O2/c20-14-9-15(22)13(8-16(14)27-11-12-4-3-5-23-10-12)17-18(21)24-6-1-2-7-25(24)19(17)26/h3-5,8-10H,1-2,6-7,11H2. The highest BCUT2D eigenvalue weighted by atomic mass is 35.5. The van der Waals surface area contributed by atoms with Gasteiger partial charge in [-0.2, -0.15) is 0 Å². The maximum absolute atomic E-state index is 14.6. The first kappa shape index (κ1) is 18.1. The lowest BCUT2D eigenvalue weighted by Gasteiger charge is -2.17. The molecule has 0 unspecified atom stereocenters. The molecule has 0 radical (unpaired) electrons. The van der Waals surface area contributed by atoms with Crippen molar-refractivity contribution in [2.75, 3.05) is 0 Å². The van der Waals surface area contributed by atoms with Crippen LogP contribution in [0.5, 0.6) is 5.75 Å². The van der Waals surface area contributed by atoms with Gasteiger partial charge < -0.3 is 4.74 Å². The van der Waals surface area contributed by atoms with E-state index in [4.69, 9.17) is 27.9 Å². The van der Waals surface area contributed by atoms with Gasteiger partial charge in [0.1, 0.15) is 23.3 Å². The fraction of sp³-hybridized carbons (Fsp3) is 0.263. The fourth-order valence-electron chi connectivity index (χ4n) is 3.23. The van der Waals surface area contributed by atoms with E-state index in [1.165, 1.54) is 6.07 Å². The Bertz CT molecular complexity index is 1050. The summed E-state index contributed by atoms with van der Waals surface area (Å²) in [7, 11) is 0. The Balaban J connectivity index is 1.74. The van der Waals surface area contributed by atoms with Crippen LogP contribution in [0.15, 0.2) is 41.5 Å². The van der Waals surface area contributed by atoms with Gasteiger partial charge in [-0.25, -0.2) is 9.07 Å². The van der Waals surface area contributed by atoms with Crippen molar-refractivity contribution >= 4 is 23.2 Å². The lowest BCUT2D eigenvalue weighted by molar-refractivity contribution is 0.305. The van der Waals surface area contributed by atoms with Gasteiger partial charge in [-0.1, -0.05) is 29.3 Å². The summed E-state index contributed by atoms with van der Waals surface area (Å²) < 4.78 is 23.6. The number of fused-ring (bicyclic) bond motifs is 1. The number of pyridine rings is 1. The van der Waals surface area contributed by atoms with Crippen LogP contribution < -0.4 is 10.3 Å². The molecule has 1 aromatic carbocycles. The summed E-state index contributed by atoms with van der Waals surface area (Å²) in [6.07, 6.45) is 5.15. The Morgan fingerprint density at radius 2 is 1.96 bits per heavy atom. The molecule has 8 heteroatoms. The normalized spacial score (nSPS) is 13.4. The molecule has 3 aromatic rings. The molecule has 0 fully saturated rings. The average Bonchev–Trinajstić information content (AvgIpc) is 2.93. The van der Waals surface area contributed by atoms with Crippen molar-refractivity contribution in [2.24, 2.45) is 0 Å². The van der Waals surface area contributed by atoms with Crippen LogP contribution in [0.1, 0.15) is 18.4 Å². The number of hydrogen-bond donors (Lipinski definition) is 0. The van der Waals surface area contributed by atoms with Crippen LogP contribution >= 0.6 is 23.2 Å². The van der Waals surface area contributed by atoms with Crippen molar-refractivity contribution in [1.82, 2.24) is 14.3 Å². The van der Waals surface area contributed by atoms with E-state index in [2.05, 4.69) is 4.98 Å². The third kappa shape index (κ3) is 3.35. The molecule has 27 heavy (non-hydrogen) atoms. The molecule has 0 saturated heterocycles. The first-order chi connectivity index (χ1) is 13.1.